The highest BCUT2D eigenvalue weighted by Crippen LogP contribution is 2.31. The molecule has 2 aromatic carbocycles. The first-order valence-corrected chi connectivity index (χ1v) is 10.2. The Hall–Kier alpha value is -2.25. The van der Waals surface area contributed by atoms with Gasteiger partial charge in [-0.1, -0.05) is 34.0 Å². The summed E-state index contributed by atoms with van der Waals surface area (Å²) in [5.41, 5.74) is 1.16. The number of aryl methyl sites for hydroxylation is 1. The second-order valence-electron chi connectivity index (χ2n) is 6.68. The summed E-state index contributed by atoms with van der Waals surface area (Å²) in [6.45, 7) is 0.841. The van der Waals surface area contributed by atoms with Crippen molar-refractivity contribution in [1.29, 1.82) is 0 Å². The molecule has 8 heteroatoms. The quantitative estimate of drug-likeness (QED) is 0.559. The first kappa shape index (κ1) is 19.1. The number of amides is 1. The third-order valence-corrected chi connectivity index (χ3v) is 5.57. The molecule has 0 saturated carbocycles. The lowest BCUT2D eigenvalue weighted by molar-refractivity contribution is 0.102. The van der Waals surface area contributed by atoms with Gasteiger partial charge in [0.25, 0.3) is 5.91 Å². The Balaban J connectivity index is 1.66. The van der Waals surface area contributed by atoms with E-state index in [2.05, 4.69) is 36.0 Å². The molecule has 1 aliphatic heterocycles. The number of carbonyl (C=O) groups is 1. The van der Waals surface area contributed by atoms with E-state index >= 15 is 0 Å². The van der Waals surface area contributed by atoms with Crippen LogP contribution in [0.25, 0.3) is 11.4 Å². The molecule has 0 saturated heterocycles. The van der Waals surface area contributed by atoms with Gasteiger partial charge in [0, 0.05) is 28.7 Å². The van der Waals surface area contributed by atoms with Crippen LogP contribution in [0, 0.1) is 5.82 Å². The normalized spacial score (nSPS) is 13.7. The molecule has 1 N–H and O–H groups in total. The molecule has 2 heterocycles. The maximum atomic E-state index is 14.0. The molecule has 4 rings (SSSR count). The lowest BCUT2D eigenvalue weighted by atomic mass is 10.1. The van der Waals surface area contributed by atoms with E-state index in [0.29, 0.717) is 26.6 Å². The number of rotatable bonds is 3. The number of hydrogen-bond acceptors (Lipinski definition) is 3. The van der Waals surface area contributed by atoms with E-state index in [9.17, 15) is 9.18 Å². The van der Waals surface area contributed by atoms with Gasteiger partial charge in [0.05, 0.1) is 10.6 Å². The van der Waals surface area contributed by atoms with E-state index in [1.807, 2.05) is 0 Å². The van der Waals surface area contributed by atoms with Crippen molar-refractivity contribution >= 4 is 39.1 Å². The topological polar surface area (TPSA) is 59.8 Å². The van der Waals surface area contributed by atoms with Crippen molar-refractivity contribution in [2.45, 2.75) is 32.2 Å². The van der Waals surface area contributed by atoms with Gasteiger partial charge in [0.1, 0.15) is 11.6 Å². The molecule has 1 aromatic heterocycles. The maximum Gasteiger partial charge on any atom is 0.258 e. The molecule has 0 radical (unpaired) electrons. The van der Waals surface area contributed by atoms with Gasteiger partial charge in [-0.05, 0) is 49.2 Å². The second kappa shape index (κ2) is 8.01. The zero-order valence-electron chi connectivity index (χ0n) is 14.9. The van der Waals surface area contributed by atoms with Crippen molar-refractivity contribution in [3.05, 3.63) is 63.1 Å². The molecule has 5 nitrogen and oxygen atoms in total. The van der Waals surface area contributed by atoms with Crippen LogP contribution in [0.4, 0.5) is 10.1 Å². The molecule has 0 atom stereocenters. The van der Waals surface area contributed by atoms with Crippen LogP contribution >= 0.6 is 27.5 Å². The lowest BCUT2D eigenvalue weighted by Gasteiger charge is -2.11. The Morgan fingerprint density at radius 1 is 1.14 bits per heavy atom. The number of aromatic nitrogens is 3. The number of fused-ring (bicyclic) bond motifs is 1. The van der Waals surface area contributed by atoms with Gasteiger partial charge in [-0.15, -0.1) is 10.2 Å². The Labute approximate surface area is 175 Å². The molecule has 0 aliphatic carbocycles. The summed E-state index contributed by atoms with van der Waals surface area (Å²) >= 11 is 9.67. The van der Waals surface area contributed by atoms with Crippen LogP contribution < -0.4 is 5.32 Å². The molecular formula is C20H17BrClFN4O. The largest absolute Gasteiger partial charge is 0.322 e. The molecule has 28 heavy (non-hydrogen) atoms. The van der Waals surface area contributed by atoms with Gasteiger partial charge in [-0.2, -0.15) is 0 Å². The van der Waals surface area contributed by atoms with Gasteiger partial charge in [0.15, 0.2) is 5.82 Å². The average molecular weight is 464 g/mol. The zero-order chi connectivity index (χ0) is 19.7. The first-order valence-electron chi connectivity index (χ1n) is 9.01. The summed E-state index contributed by atoms with van der Waals surface area (Å²) in [5.74, 6) is 0.519. The minimum atomic E-state index is -0.585. The molecule has 0 unspecified atom stereocenters. The Morgan fingerprint density at radius 3 is 2.86 bits per heavy atom. The fraction of sp³-hybridized carbons (Fsp3) is 0.250. The molecule has 0 fully saturated rings. The summed E-state index contributed by atoms with van der Waals surface area (Å²) in [6, 6.07) is 9.36. The number of hydrogen-bond donors (Lipinski definition) is 1. The minimum Gasteiger partial charge on any atom is -0.322 e. The highest BCUT2D eigenvalue weighted by Gasteiger charge is 2.19. The average Bonchev–Trinajstić information content (AvgIpc) is 2.93. The highest BCUT2D eigenvalue weighted by molar-refractivity contribution is 9.10. The van der Waals surface area contributed by atoms with Crippen molar-refractivity contribution in [2.24, 2.45) is 0 Å². The SMILES string of the molecule is O=C(Nc1ccc(Cl)c(-c2nnc3n2CCCCC3)c1)c1cc(Br)ccc1F. The summed E-state index contributed by atoms with van der Waals surface area (Å²) in [5, 5.41) is 11.9. The molecule has 0 bridgehead atoms. The van der Waals surface area contributed by atoms with Crippen molar-refractivity contribution in [3.8, 4) is 11.4 Å². The van der Waals surface area contributed by atoms with Crippen LogP contribution in [0.2, 0.25) is 5.02 Å². The van der Waals surface area contributed by atoms with Crippen molar-refractivity contribution < 1.29 is 9.18 Å². The summed E-state index contributed by atoms with van der Waals surface area (Å²) in [7, 11) is 0. The predicted molar refractivity (Wildman–Crippen MR) is 110 cm³/mol. The fourth-order valence-electron chi connectivity index (χ4n) is 3.33. The van der Waals surface area contributed by atoms with E-state index in [0.717, 1.165) is 38.1 Å². The zero-order valence-corrected chi connectivity index (χ0v) is 17.2. The van der Waals surface area contributed by atoms with E-state index < -0.39 is 11.7 Å². The van der Waals surface area contributed by atoms with Gasteiger partial charge in [0.2, 0.25) is 0 Å². The Morgan fingerprint density at radius 2 is 2.00 bits per heavy atom. The number of anilines is 1. The van der Waals surface area contributed by atoms with Crippen LogP contribution in [0.5, 0.6) is 0 Å². The number of benzene rings is 2. The van der Waals surface area contributed by atoms with E-state index in [1.165, 1.54) is 12.1 Å². The predicted octanol–water partition coefficient (Wildman–Crippen LogP) is 5.48. The standard InChI is InChI=1S/C20H17BrClFN4O/c21-12-5-8-17(23)15(10-12)20(28)24-13-6-7-16(22)14(11-13)19-26-25-18-4-2-1-3-9-27(18)19/h5-8,10-11H,1-4,9H2,(H,24,28). The number of halogens is 3. The van der Waals surface area contributed by atoms with E-state index in [-0.39, 0.29) is 5.56 Å². The van der Waals surface area contributed by atoms with Gasteiger partial charge < -0.3 is 9.88 Å². The van der Waals surface area contributed by atoms with Crippen molar-refractivity contribution in [3.63, 3.8) is 0 Å². The van der Waals surface area contributed by atoms with Crippen LogP contribution in [0.15, 0.2) is 40.9 Å². The molecule has 3 aromatic rings. The molecule has 0 spiro atoms. The van der Waals surface area contributed by atoms with E-state index in [4.69, 9.17) is 11.6 Å². The lowest BCUT2D eigenvalue weighted by Crippen LogP contribution is -2.14. The summed E-state index contributed by atoms with van der Waals surface area (Å²) < 4.78 is 16.7. The number of carbonyl (C=O) groups excluding carboxylic acids is 1. The molecule has 1 aliphatic rings. The second-order valence-corrected chi connectivity index (χ2v) is 8.00. The Kier molecular flexibility index (Phi) is 5.46. The number of nitrogens with zero attached hydrogens (tertiary/aromatic N) is 3. The Bertz CT molecular complexity index is 1050. The third kappa shape index (κ3) is 3.82. The fourth-order valence-corrected chi connectivity index (χ4v) is 3.89. The van der Waals surface area contributed by atoms with Crippen LogP contribution in [0.1, 0.15) is 35.4 Å². The summed E-state index contributed by atoms with van der Waals surface area (Å²) in [6.07, 6.45) is 4.21. The van der Waals surface area contributed by atoms with Crippen LogP contribution in [-0.4, -0.2) is 20.7 Å². The monoisotopic (exact) mass is 462 g/mol. The van der Waals surface area contributed by atoms with Gasteiger partial charge in [-0.3, -0.25) is 4.79 Å². The minimum absolute atomic E-state index is 0.0396. The van der Waals surface area contributed by atoms with Crippen molar-refractivity contribution in [2.75, 3.05) is 5.32 Å². The smallest absolute Gasteiger partial charge is 0.258 e. The van der Waals surface area contributed by atoms with Crippen LogP contribution in [-0.2, 0) is 13.0 Å². The molecule has 144 valence electrons. The van der Waals surface area contributed by atoms with Crippen molar-refractivity contribution in [1.82, 2.24) is 14.8 Å². The molecule has 1 amide bonds. The first-order chi connectivity index (χ1) is 13.5. The van der Waals surface area contributed by atoms with Crippen LogP contribution in [0.3, 0.4) is 0 Å². The maximum absolute atomic E-state index is 14.0. The van der Waals surface area contributed by atoms with Gasteiger partial charge in [-0.25, -0.2) is 4.39 Å². The molecular weight excluding hydrogens is 447 g/mol. The summed E-state index contributed by atoms with van der Waals surface area (Å²) in [4.78, 5) is 12.5. The van der Waals surface area contributed by atoms with Gasteiger partial charge >= 0.3 is 0 Å². The highest BCUT2D eigenvalue weighted by atomic mass is 79.9. The number of nitrogens with one attached hydrogen (secondary N) is 1. The third-order valence-electron chi connectivity index (χ3n) is 4.75. The van der Waals surface area contributed by atoms with E-state index in [1.54, 1.807) is 24.3 Å².